The molecule has 6 nitrogen and oxygen atoms in total. The highest BCUT2D eigenvalue weighted by Crippen LogP contribution is 2.31. The molecule has 3 rings (SSSR count). The number of para-hydroxylation sites is 1. The number of benzene rings is 2. The fraction of sp³-hybridized carbons (Fsp3) is 0.0500. The van der Waals surface area contributed by atoms with Gasteiger partial charge in [-0.25, -0.2) is 8.42 Å². The number of aromatic nitrogens is 1. The number of nitrogens with zero attached hydrogens (tertiary/aromatic N) is 1. The largest absolute Gasteiger partial charge is 0.506 e. The van der Waals surface area contributed by atoms with Crippen LogP contribution < -0.4 is 9.46 Å². The molecule has 0 aliphatic carbocycles. The number of anilines is 1. The van der Waals surface area contributed by atoms with Crippen LogP contribution in [0.15, 0.2) is 71.9 Å². The minimum Gasteiger partial charge on any atom is -0.506 e. The van der Waals surface area contributed by atoms with Crippen LogP contribution >= 0.6 is 0 Å². The third-order valence-corrected chi connectivity index (χ3v) is 5.21. The molecule has 7 heteroatoms. The molecule has 0 fully saturated rings. The number of hydrogen-bond donors (Lipinski definition) is 2. The molecule has 0 saturated heterocycles. The minimum atomic E-state index is -3.88. The van der Waals surface area contributed by atoms with Gasteiger partial charge in [-0.05, 0) is 48.0 Å². The van der Waals surface area contributed by atoms with Gasteiger partial charge in [-0.1, -0.05) is 24.3 Å². The first-order chi connectivity index (χ1) is 13.0. The molecule has 0 atom stereocenters. The summed E-state index contributed by atoms with van der Waals surface area (Å²) < 4.78 is 32.9. The monoisotopic (exact) mass is 382 g/mol. The molecule has 3 aromatic rings. The van der Waals surface area contributed by atoms with Gasteiger partial charge in [0.1, 0.15) is 11.5 Å². The predicted molar refractivity (Wildman–Crippen MR) is 105 cm³/mol. The number of nitrogens with one attached hydrogen (secondary N) is 1. The Bertz CT molecular complexity index is 1050. The van der Waals surface area contributed by atoms with Crippen LogP contribution in [0.2, 0.25) is 0 Å². The molecule has 27 heavy (non-hydrogen) atoms. The van der Waals surface area contributed by atoms with Crippen LogP contribution in [0.25, 0.3) is 12.2 Å². The fourth-order valence-electron chi connectivity index (χ4n) is 2.42. The predicted octanol–water partition coefficient (Wildman–Crippen LogP) is 3.77. The summed E-state index contributed by atoms with van der Waals surface area (Å²) >= 11 is 0. The highest BCUT2D eigenvalue weighted by Gasteiger charge is 2.18. The smallest absolute Gasteiger partial charge is 0.262 e. The van der Waals surface area contributed by atoms with Gasteiger partial charge < -0.3 is 9.84 Å². The third-order valence-electron chi connectivity index (χ3n) is 3.84. The molecule has 2 N–H and O–H groups in total. The molecule has 0 aliphatic heterocycles. The molecule has 0 radical (unpaired) electrons. The van der Waals surface area contributed by atoms with Crippen LogP contribution in [0.1, 0.15) is 11.1 Å². The summed E-state index contributed by atoms with van der Waals surface area (Å²) in [5.74, 6) is 0.390. The van der Waals surface area contributed by atoms with Gasteiger partial charge >= 0.3 is 0 Å². The zero-order valence-electron chi connectivity index (χ0n) is 14.5. The third kappa shape index (κ3) is 4.45. The van der Waals surface area contributed by atoms with Gasteiger partial charge in [-0.3, -0.25) is 9.71 Å². The summed E-state index contributed by atoms with van der Waals surface area (Å²) in [4.78, 5) is 4.02. The van der Waals surface area contributed by atoms with Gasteiger partial charge in [-0.2, -0.15) is 0 Å². The van der Waals surface area contributed by atoms with E-state index in [2.05, 4.69) is 9.71 Å². The van der Waals surface area contributed by atoms with Gasteiger partial charge in [0.25, 0.3) is 10.0 Å². The standard InChI is InChI=1S/C20H18N2O4S/c1-26-17-7-9-18(10-8-17)27(24,25)22-20-16(3-2-4-19(20)23)6-5-15-11-13-21-14-12-15/h2-14,22-23H,1H3/b6-5+. The van der Waals surface area contributed by atoms with Crippen LogP contribution in [0, 0.1) is 0 Å². The van der Waals surface area contributed by atoms with E-state index in [9.17, 15) is 13.5 Å². The number of sulfonamides is 1. The first-order valence-corrected chi connectivity index (χ1v) is 9.55. The van der Waals surface area contributed by atoms with Crippen LogP contribution in [-0.4, -0.2) is 25.6 Å². The molecule has 2 aromatic carbocycles. The summed E-state index contributed by atoms with van der Waals surface area (Å²) in [5, 5.41) is 10.2. The van der Waals surface area contributed by atoms with E-state index in [0.29, 0.717) is 11.3 Å². The van der Waals surface area contributed by atoms with Crippen LogP contribution in [0.3, 0.4) is 0 Å². The van der Waals surface area contributed by atoms with Crippen molar-refractivity contribution >= 4 is 27.9 Å². The van der Waals surface area contributed by atoms with Crippen molar-refractivity contribution in [1.29, 1.82) is 0 Å². The molecule has 1 heterocycles. The second-order valence-corrected chi connectivity index (χ2v) is 7.32. The quantitative estimate of drug-likeness (QED) is 0.634. The second kappa shape index (κ2) is 7.92. The van der Waals surface area contributed by atoms with Crippen molar-refractivity contribution in [2.24, 2.45) is 0 Å². The normalized spacial score (nSPS) is 11.4. The maximum absolute atomic E-state index is 12.7. The van der Waals surface area contributed by atoms with Crippen molar-refractivity contribution in [1.82, 2.24) is 4.98 Å². The molecule has 138 valence electrons. The van der Waals surface area contributed by atoms with Gasteiger partial charge in [0.05, 0.1) is 17.7 Å². The Morgan fingerprint density at radius 2 is 1.70 bits per heavy atom. The number of aromatic hydroxyl groups is 1. The molecule has 1 aromatic heterocycles. The Morgan fingerprint density at radius 3 is 2.37 bits per heavy atom. The Morgan fingerprint density at radius 1 is 1.00 bits per heavy atom. The fourth-order valence-corrected chi connectivity index (χ4v) is 3.52. The van der Waals surface area contributed by atoms with Crippen molar-refractivity contribution in [3.63, 3.8) is 0 Å². The van der Waals surface area contributed by atoms with E-state index in [0.717, 1.165) is 5.56 Å². The molecule has 0 aliphatic rings. The van der Waals surface area contributed by atoms with Gasteiger partial charge in [0.2, 0.25) is 0 Å². The second-order valence-electron chi connectivity index (χ2n) is 5.64. The number of methoxy groups -OCH3 is 1. The average molecular weight is 382 g/mol. The summed E-state index contributed by atoms with van der Waals surface area (Å²) in [5.41, 5.74) is 1.54. The molecule has 0 spiro atoms. The van der Waals surface area contributed by atoms with Crippen LogP contribution in [-0.2, 0) is 10.0 Å². The van der Waals surface area contributed by atoms with Crippen molar-refractivity contribution in [3.05, 3.63) is 78.1 Å². The lowest BCUT2D eigenvalue weighted by Crippen LogP contribution is -2.13. The number of phenols is 1. The van der Waals surface area contributed by atoms with Crippen molar-refractivity contribution in [3.8, 4) is 11.5 Å². The topological polar surface area (TPSA) is 88.5 Å². The summed E-state index contributed by atoms with van der Waals surface area (Å²) in [6.07, 6.45) is 6.85. The van der Waals surface area contributed by atoms with Crippen LogP contribution in [0.5, 0.6) is 11.5 Å². The number of rotatable bonds is 6. The highest BCUT2D eigenvalue weighted by atomic mass is 32.2. The lowest BCUT2D eigenvalue weighted by molar-refractivity contribution is 0.414. The van der Waals surface area contributed by atoms with Crippen molar-refractivity contribution in [2.75, 3.05) is 11.8 Å². The molecule has 0 unspecified atom stereocenters. The summed E-state index contributed by atoms with van der Waals surface area (Å²) in [6, 6.07) is 14.4. The Labute approximate surface area is 157 Å². The Kier molecular flexibility index (Phi) is 5.42. The number of phenolic OH excluding ortho intramolecular Hbond substituents is 1. The van der Waals surface area contributed by atoms with E-state index in [1.54, 1.807) is 42.7 Å². The number of hydrogen-bond acceptors (Lipinski definition) is 5. The van der Waals surface area contributed by atoms with Gasteiger partial charge in [0, 0.05) is 18.0 Å². The van der Waals surface area contributed by atoms with E-state index in [4.69, 9.17) is 4.74 Å². The molecular weight excluding hydrogens is 364 g/mol. The number of pyridine rings is 1. The van der Waals surface area contributed by atoms with E-state index < -0.39 is 10.0 Å². The highest BCUT2D eigenvalue weighted by molar-refractivity contribution is 7.92. The molecular formula is C20H18N2O4S. The summed E-state index contributed by atoms with van der Waals surface area (Å²) in [7, 11) is -2.37. The molecule has 0 bridgehead atoms. The van der Waals surface area contributed by atoms with Crippen molar-refractivity contribution in [2.45, 2.75) is 4.90 Å². The Balaban J connectivity index is 1.93. The maximum Gasteiger partial charge on any atom is 0.262 e. The van der Waals surface area contributed by atoms with E-state index in [1.165, 1.54) is 25.3 Å². The first kappa shape index (κ1) is 18.5. The minimum absolute atomic E-state index is 0.0654. The molecule has 0 saturated carbocycles. The zero-order chi connectivity index (χ0) is 19.3. The average Bonchev–Trinajstić information content (AvgIpc) is 2.69. The summed E-state index contributed by atoms with van der Waals surface area (Å²) in [6.45, 7) is 0. The SMILES string of the molecule is COc1ccc(S(=O)(=O)Nc2c(O)cccc2/C=C/c2ccncc2)cc1. The van der Waals surface area contributed by atoms with Gasteiger partial charge in [-0.15, -0.1) is 0 Å². The van der Waals surface area contributed by atoms with E-state index in [1.807, 2.05) is 18.2 Å². The number of ether oxygens (including phenoxy) is 1. The maximum atomic E-state index is 12.7. The first-order valence-electron chi connectivity index (χ1n) is 8.06. The zero-order valence-corrected chi connectivity index (χ0v) is 15.3. The van der Waals surface area contributed by atoms with E-state index in [-0.39, 0.29) is 16.3 Å². The van der Waals surface area contributed by atoms with Crippen LogP contribution in [0.4, 0.5) is 5.69 Å². The van der Waals surface area contributed by atoms with E-state index >= 15 is 0 Å². The van der Waals surface area contributed by atoms with Crippen molar-refractivity contribution < 1.29 is 18.3 Å². The Hall–Kier alpha value is -3.32. The lowest BCUT2D eigenvalue weighted by atomic mass is 10.1. The lowest BCUT2D eigenvalue weighted by Gasteiger charge is -2.13. The van der Waals surface area contributed by atoms with Gasteiger partial charge in [0.15, 0.2) is 0 Å². The molecule has 0 amide bonds.